The fourth-order valence-electron chi connectivity index (χ4n) is 1.10. The molecule has 21 heavy (non-hydrogen) atoms. The largest absolute Gasteiger partial charge is 0.507 e. The molecule has 0 saturated carbocycles. The Morgan fingerprint density at radius 2 is 1.71 bits per heavy atom. The summed E-state index contributed by atoms with van der Waals surface area (Å²) in [5.74, 6) is -4.17. The molecule has 0 aliphatic rings. The zero-order valence-corrected chi connectivity index (χ0v) is 10.4. The van der Waals surface area contributed by atoms with Crippen molar-refractivity contribution in [3.05, 3.63) is 42.5 Å². The second-order valence-electron chi connectivity index (χ2n) is 3.41. The van der Waals surface area contributed by atoms with Crippen LogP contribution in [0.2, 0.25) is 0 Å². The minimum Gasteiger partial charge on any atom is -0.507 e. The predicted molar refractivity (Wildman–Crippen MR) is 67.1 cm³/mol. The third-order valence-corrected chi connectivity index (χ3v) is 1.97. The lowest BCUT2D eigenvalue weighted by atomic mass is 10.2. The lowest BCUT2D eigenvalue weighted by molar-refractivity contribution is -0.159. The molecule has 110 valence electrons. The van der Waals surface area contributed by atoms with Gasteiger partial charge in [-0.1, -0.05) is 12.1 Å². The molecule has 1 amide bonds. The van der Waals surface area contributed by atoms with E-state index in [0.29, 0.717) is 0 Å². The van der Waals surface area contributed by atoms with Crippen molar-refractivity contribution in [2.24, 2.45) is 0 Å². The van der Waals surface area contributed by atoms with Crippen LogP contribution in [0.3, 0.4) is 0 Å². The molecule has 0 aliphatic heterocycles. The average Bonchev–Trinajstić information content (AvgIpc) is 2.92. The van der Waals surface area contributed by atoms with Crippen LogP contribution in [0.1, 0.15) is 10.4 Å². The van der Waals surface area contributed by atoms with Gasteiger partial charge in [0.05, 0.1) is 5.56 Å². The van der Waals surface area contributed by atoms with Crippen molar-refractivity contribution >= 4 is 17.8 Å². The van der Waals surface area contributed by atoms with E-state index in [-0.39, 0.29) is 11.3 Å². The summed E-state index contributed by atoms with van der Waals surface area (Å²) in [6.45, 7) is 0. The van der Waals surface area contributed by atoms with E-state index < -0.39 is 17.8 Å². The van der Waals surface area contributed by atoms with Crippen molar-refractivity contribution in [3.8, 4) is 5.75 Å². The molecule has 4 N–H and O–H groups in total. The van der Waals surface area contributed by atoms with Gasteiger partial charge < -0.3 is 15.3 Å². The molecule has 0 unspecified atom stereocenters. The van der Waals surface area contributed by atoms with Gasteiger partial charge in [-0.25, -0.2) is 20.0 Å². The van der Waals surface area contributed by atoms with Crippen molar-refractivity contribution in [2.75, 3.05) is 5.43 Å². The molecule has 1 heterocycles. The van der Waals surface area contributed by atoms with Crippen molar-refractivity contribution in [1.29, 1.82) is 0 Å². The number of nitrogens with zero attached hydrogens (tertiary/aromatic N) is 3. The standard InChI is InChI=1S/C9H8N4O2.C2H2O4/c14-8-4-2-1-3-7(8)9(15)12-13-6-10-5-11-13;3-1(4)2(5)6/h1-6,14H,(H,12,15);(H,3,4)(H,5,6). The van der Waals surface area contributed by atoms with Gasteiger partial charge in [-0.05, 0) is 12.1 Å². The minimum atomic E-state index is -1.82. The molecule has 2 rings (SSSR count). The van der Waals surface area contributed by atoms with Crippen molar-refractivity contribution in [2.45, 2.75) is 0 Å². The van der Waals surface area contributed by atoms with E-state index in [2.05, 4.69) is 15.5 Å². The van der Waals surface area contributed by atoms with E-state index in [1.54, 1.807) is 12.1 Å². The Bertz CT molecular complexity index is 628. The number of hydrogen-bond donors (Lipinski definition) is 4. The number of aliphatic carboxylic acids is 2. The zero-order chi connectivity index (χ0) is 15.8. The third-order valence-electron chi connectivity index (χ3n) is 1.97. The molecule has 0 fully saturated rings. The summed E-state index contributed by atoms with van der Waals surface area (Å²) in [5.41, 5.74) is 2.61. The van der Waals surface area contributed by atoms with Gasteiger partial charge in [0, 0.05) is 0 Å². The van der Waals surface area contributed by atoms with E-state index in [1.807, 2.05) is 0 Å². The normalized spacial score (nSPS) is 9.14. The van der Waals surface area contributed by atoms with E-state index in [4.69, 9.17) is 19.8 Å². The van der Waals surface area contributed by atoms with Crippen LogP contribution in [-0.2, 0) is 9.59 Å². The van der Waals surface area contributed by atoms with Gasteiger partial charge in [-0.3, -0.25) is 4.79 Å². The molecule has 0 atom stereocenters. The molecule has 0 radical (unpaired) electrons. The van der Waals surface area contributed by atoms with Crippen LogP contribution in [0.25, 0.3) is 0 Å². The minimum absolute atomic E-state index is 0.0740. The summed E-state index contributed by atoms with van der Waals surface area (Å²) < 4.78 is 0. The van der Waals surface area contributed by atoms with Gasteiger partial charge in [0.25, 0.3) is 5.91 Å². The lowest BCUT2D eigenvalue weighted by Crippen LogP contribution is -2.23. The van der Waals surface area contributed by atoms with Crippen LogP contribution in [0.15, 0.2) is 36.9 Å². The molecular weight excluding hydrogens is 284 g/mol. The number of hydrogen-bond acceptors (Lipinski definition) is 6. The summed E-state index contributed by atoms with van der Waals surface area (Å²) in [7, 11) is 0. The second kappa shape index (κ2) is 7.23. The Hall–Kier alpha value is -3.43. The molecular formula is C11H10N4O6. The van der Waals surface area contributed by atoms with Crippen LogP contribution >= 0.6 is 0 Å². The van der Waals surface area contributed by atoms with Crippen LogP contribution in [-0.4, -0.2) is 48.0 Å². The molecule has 0 saturated heterocycles. The van der Waals surface area contributed by atoms with Crippen molar-refractivity contribution in [1.82, 2.24) is 14.9 Å². The van der Waals surface area contributed by atoms with Gasteiger partial charge in [0.15, 0.2) is 0 Å². The number of rotatable bonds is 2. The van der Waals surface area contributed by atoms with Gasteiger partial charge in [-0.15, -0.1) is 5.10 Å². The van der Waals surface area contributed by atoms with E-state index >= 15 is 0 Å². The number of amides is 1. The van der Waals surface area contributed by atoms with Gasteiger partial charge in [0.2, 0.25) is 0 Å². The maximum absolute atomic E-state index is 11.6. The number of carboxylic acid groups (broad SMARTS) is 2. The Kier molecular flexibility index (Phi) is 5.38. The Morgan fingerprint density at radius 3 is 2.19 bits per heavy atom. The number of benzene rings is 1. The van der Waals surface area contributed by atoms with Crippen LogP contribution < -0.4 is 5.43 Å². The summed E-state index contributed by atoms with van der Waals surface area (Å²) in [5, 5.41) is 27.9. The van der Waals surface area contributed by atoms with Crippen LogP contribution in [0.4, 0.5) is 0 Å². The molecule has 10 heteroatoms. The number of phenols is 1. The molecule has 10 nitrogen and oxygen atoms in total. The molecule has 0 aliphatic carbocycles. The maximum Gasteiger partial charge on any atom is 0.414 e. The predicted octanol–water partition coefficient (Wildman–Crippen LogP) is -0.477. The van der Waals surface area contributed by atoms with Crippen molar-refractivity contribution in [3.63, 3.8) is 0 Å². The smallest absolute Gasteiger partial charge is 0.414 e. The highest BCUT2D eigenvalue weighted by Gasteiger charge is 2.10. The monoisotopic (exact) mass is 294 g/mol. The molecule has 1 aromatic heterocycles. The van der Waals surface area contributed by atoms with Gasteiger partial charge in [0.1, 0.15) is 18.4 Å². The first kappa shape index (κ1) is 15.6. The number of carbonyl (C=O) groups is 3. The summed E-state index contributed by atoms with van der Waals surface area (Å²) in [4.78, 5) is 34.6. The number of aromatic nitrogens is 3. The summed E-state index contributed by atoms with van der Waals surface area (Å²) >= 11 is 0. The fourth-order valence-corrected chi connectivity index (χ4v) is 1.10. The third kappa shape index (κ3) is 4.98. The number of para-hydroxylation sites is 1. The van der Waals surface area contributed by atoms with E-state index in [1.165, 1.54) is 24.8 Å². The second-order valence-corrected chi connectivity index (χ2v) is 3.41. The van der Waals surface area contributed by atoms with Crippen molar-refractivity contribution < 1.29 is 29.7 Å². The van der Waals surface area contributed by atoms with E-state index in [9.17, 15) is 9.90 Å². The molecule has 2 aromatic rings. The molecule has 0 bridgehead atoms. The number of nitrogens with one attached hydrogen (secondary N) is 1. The highest BCUT2D eigenvalue weighted by Crippen LogP contribution is 2.15. The number of phenolic OH excluding ortho intramolecular Hbond substituents is 1. The first-order chi connectivity index (χ1) is 9.91. The zero-order valence-electron chi connectivity index (χ0n) is 10.4. The summed E-state index contributed by atoms with van der Waals surface area (Å²) in [6, 6.07) is 6.26. The quantitative estimate of drug-likeness (QED) is 0.541. The first-order valence-corrected chi connectivity index (χ1v) is 5.32. The number of carbonyl (C=O) groups excluding carboxylic acids is 1. The Balaban J connectivity index is 0.000000315. The van der Waals surface area contributed by atoms with Crippen LogP contribution in [0.5, 0.6) is 5.75 Å². The van der Waals surface area contributed by atoms with Gasteiger partial charge >= 0.3 is 11.9 Å². The Morgan fingerprint density at radius 1 is 1.10 bits per heavy atom. The molecule has 1 aromatic carbocycles. The highest BCUT2D eigenvalue weighted by molar-refractivity contribution is 6.27. The number of aromatic hydroxyl groups is 1. The SMILES string of the molecule is O=C(Nn1cncn1)c1ccccc1O.O=C(O)C(=O)O. The molecule has 0 spiro atoms. The van der Waals surface area contributed by atoms with E-state index in [0.717, 1.165) is 4.79 Å². The average molecular weight is 294 g/mol. The van der Waals surface area contributed by atoms with Crippen LogP contribution in [0, 0.1) is 0 Å². The number of carboxylic acids is 2. The lowest BCUT2D eigenvalue weighted by Gasteiger charge is -2.04. The topological polar surface area (TPSA) is 155 Å². The van der Waals surface area contributed by atoms with Gasteiger partial charge in [-0.2, -0.15) is 4.79 Å². The fraction of sp³-hybridized carbons (Fsp3) is 0. The Labute approximate surface area is 117 Å². The first-order valence-electron chi connectivity index (χ1n) is 5.32. The highest BCUT2D eigenvalue weighted by atomic mass is 16.4. The maximum atomic E-state index is 11.6. The summed E-state index contributed by atoms with van der Waals surface area (Å²) in [6.07, 6.45) is 2.64.